The maximum Gasteiger partial charge on any atom is 0.248 e. The van der Waals surface area contributed by atoms with Crippen molar-refractivity contribution >= 4 is 24.8 Å². The summed E-state index contributed by atoms with van der Waals surface area (Å²) < 4.78 is 1.66. The predicted octanol–water partition coefficient (Wildman–Crippen LogP) is 1.49. The number of nitrogens with one attached hydrogen (secondary N) is 2. The Balaban J connectivity index is 1.75. The van der Waals surface area contributed by atoms with E-state index < -0.39 is 0 Å². The Labute approximate surface area is 145 Å². The lowest BCUT2D eigenvalue weighted by atomic mass is 10.0. The predicted molar refractivity (Wildman–Crippen MR) is 98.2 cm³/mol. The first kappa shape index (κ1) is 15.2. The Morgan fingerprint density at radius 1 is 1.16 bits per heavy atom. The number of anilines is 1. The van der Waals surface area contributed by atoms with E-state index in [-0.39, 0.29) is 5.56 Å². The molecule has 3 heterocycles. The second-order valence-electron chi connectivity index (χ2n) is 5.64. The van der Waals surface area contributed by atoms with Crippen LogP contribution >= 0.6 is 0 Å². The van der Waals surface area contributed by atoms with Crippen LogP contribution in [0.5, 0.6) is 0 Å². The molecule has 0 aliphatic carbocycles. The molecule has 120 valence electrons. The van der Waals surface area contributed by atoms with Gasteiger partial charge < -0.3 is 10.3 Å². The molecular formula is C18H14BN5O. The van der Waals surface area contributed by atoms with E-state index in [1.807, 2.05) is 42.5 Å². The number of H-pyrrole nitrogens is 1. The van der Waals surface area contributed by atoms with E-state index >= 15 is 0 Å². The van der Waals surface area contributed by atoms with E-state index in [2.05, 4.69) is 20.4 Å². The molecule has 4 rings (SSSR count). The van der Waals surface area contributed by atoms with Crippen molar-refractivity contribution in [1.82, 2.24) is 19.6 Å². The summed E-state index contributed by atoms with van der Waals surface area (Å²) >= 11 is 0. The van der Waals surface area contributed by atoms with Gasteiger partial charge in [-0.2, -0.15) is 9.61 Å². The highest BCUT2D eigenvalue weighted by Gasteiger charge is 2.10. The minimum Gasteiger partial charge on any atom is -0.366 e. The van der Waals surface area contributed by atoms with Gasteiger partial charge in [0.2, 0.25) is 5.56 Å². The SMILES string of the molecule is [B]c1cnn2c(NCc3cc[nH]c(=O)c3)cc(-c3ccccc3)nc12. The van der Waals surface area contributed by atoms with Crippen LogP contribution in [0.15, 0.2) is 65.7 Å². The normalized spacial score (nSPS) is 10.9. The van der Waals surface area contributed by atoms with E-state index in [4.69, 9.17) is 7.85 Å². The molecule has 0 aliphatic heterocycles. The molecule has 4 aromatic rings. The molecule has 25 heavy (non-hydrogen) atoms. The largest absolute Gasteiger partial charge is 0.366 e. The zero-order chi connectivity index (χ0) is 17.2. The third-order valence-corrected chi connectivity index (χ3v) is 3.88. The average Bonchev–Trinajstić information content (AvgIpc) is 3.02. The molecule has 0 bridgehead atoms. The maximum absolute atomic E-state index is 11.4. The fourth-order valence-electron chi connectivity index (χ4n) is 2.65. The van der Waals surface area contributed by atoms with Gasteiger partial charge in [0.15, 0.2) is 5.65 Å². The zero-order valence-corrected chi connectivity index (χ0v) is 13.3. The van der Waals surface area contributed by atoms with Crippen molar-refractivity contribution in [3.05, 3.63) is 76.8 Å². The number of nitrogens with zero attached hydrogens (tertiary/aromatic N) is 3. The van der Waals surface area contributed by atoms with Gasteiger partial charge in [0.1, 0.15) is 13.7 Å². The topological polar surface area (TPSA) is 75.1 Å². The summed E-state index contributed by atoms with van der Waals surface area (Å²) in [6.07, 6.45) is 3.21. The quantitative estimate of drug-likeness (QED) is 0.557. The Kier molecular flexibility index (Phi) is 3.82. The Morgan fingerprint density at radius 3 is 2.80 bits per heavy atom. The highest BCUT2D eigenvalue weighted by Crippen LogP contribution is 2.21. The lowest BCUT2D eigenvalue weighted by molar-refractivity contribution is 0.925. The van der Waals surface area contributed by atoms with Gasteiger partial charge in [-0.3, -0.25) is 4.79 Å². The highest BCUT2D eigenvalue weighted by atomic mass is 16.1. The molecule has 7 heteroatoms. The van der Waals surface area contributed by atoms with Gasteiger partial charge in [0, 0.05) is 36.6 Å². The van der Waals surface area contributed by atoms with Crippen LogP contribution in [-0.4, -0.2) is 27.4 Å². The van der Waals surface area contributed by atoms with E-state index in [0.29, 0.717) is 17.7 Å². The van der Waals surface area contributed by atoms with Crippen molar-refractivity contribution in [3.63, 3.8) is 0 Å². The molecule has 2 radical (unpaired) electrons. The van der Waals surface area contributed by atoms with Gasteiger partial charge in [-0.1, -0.05) is 30.3 Å². The van der Waals surface area contributed by atoms with Crippen molar-refractivity contribution < 1.29 is 0 Å². The zero-order valence-electron chi connectivity index (χ0n) is 13.3. The lowest BCUT2D eigenvalue weighted by Crippen LogP contribution is -2.11. The lowest BCUT2D eigenvalue weighted by Gasteiger charge is -2.11. The number of hydrogen-bond donors (Lipinski definition) is 2. The van der Waals surface area contributed by atoms with Gasteiger partial charge in [-0.15, -0.1) is 0 Å². The molecule has 3 aromatic heterocycles. The first-order valence-electron chi connectivity index (χ1n) is 7.82. The summed E-state index contributed by atoms with van der Waals surface area (Å²) in [6, 6.07) is 15.2. The number of hydrogen-bond acceptors (Lipinski definition) is 4. The number of pyridine rings is 1. The minimum absolute atomic E-state index is 0.132. The van der Waals surface area contributed by atoms with Crippen molar-refractivity contribution in [2.75, 3.05) is 5.32 Å². The van der Waals surface area contributed by atoms with Gasteiger partial charge in [0.05, 0.1) is 5.69 Å². The van der Waals surface area contributed by atoms with Crippen LogP contribution < -0.4 is 16.3 Å². The summed E-state index contributed by atoms with van der Waals surface area (Å²) in [7, 11) is 6.00. The van der Waals surface area contributed by atoms with E-state index in [1.54, 1.807) is 23.0 Å². The standard InChI is InChI=1S/C18H14BN5O/c19-14-11-22-24-16(21-10-12-6-7-20-17(25)8-12)9-15(23-18(14)24)13-4-2-1-3-5-13/h1-9,11,21H,10H2,(H,20,25). The first-order valence-corrected chi connectivity index (χ1v) is 7.82. The van der Waals surface area contributed by atoms with Gasteiger partial charge in [-0.05, 0) is 17.1 Å². The molecule has 0 unspecified atom stereocenters. The van der Waals surface area contributed by atoms with Crippen LogP contribution in [0.1, 0.15) is 5.56 Å². The molecule has 0 fully saturated rings. The van der Waals surface area contributed by atoms with Crippen molar-refractivity contribution in [2.45, 2.75) is 6.54 Å². The Hall–Kier alpha value is -3.35. The number of fused-ring (bicyclic) bond motifs is 1. The van der Waals surface area contributed by atoms with Crippen molar-refractivity contribution in [2.24, 2.45) is 0 Å². The van der Waals surface area contributed by atoms with Gasteiger partial charge in [-0.25, -0.2) is 4.98 Å². The Bertz CT molecular complexity index is 1090. The van der Waals surface area contributed by atoms with Crippen LogP contribution in [0.2, 0.25) is 0 Å². The molecule has 0 saturated heterocycles. The number of aromatic nitrogens is 4. The maximum atomic E-state index is 11.4. The third kappa shape index (κ3) is 3.04. The monoisotopic (exact) mass is 327 g/mol. The molecular weight excluding hydrogens is 313 g/mol. The summed E-state index contributed by atoms with van der Waals surface area (Å²) in [5.74, 6) is 0.751. The summed E-state index contributed by atoms with van der Waals surface area (Å²) in [5.41, 5.74) is 3.63. The summed E-state index contributed by atoms with van der Waals surface area (Å²) in [5, 5.41) is 7.59. The fourth-order valence-corrected chi connectivity index (χ4v) is 2.65. The van der Waals surface area contributed by atoms with Crippen molar-refractivity contribution in [3.8, 4) is 11.3 Å². The van der Waals surface area contributed by atoms with Gasteiger partial charge in [0.25, 0.3) is 0 Å². The molecule has 0 aliphatic rings. The van der Waals surface area contributed by atoms with Gasteiger partial charge >= 0.3 is 0 Å². The highest BCUT2D eigenvalue weighted by molar-refractivity contribution is 6.36. The molecule has 0 spiro atoms. The van der Waals surface area contributed by atoms with E-state index in [1.165, 1.54) is 0 Å². The molecule has 1 aromatic carbocycles. The van der Waals surface area contributed by atoms with Crippen LogP contribution in [0.4, 0.5) is 5.82 Å². The van der Waals surface area contributed by atoms with Crippen LogP contribution in [0.3, 0.4) is 0 Å². The number of aromatic amines is 1. The Morgan fingerprint density at radius 2 is 2.00 bits per heavy atom. The average molecular weight is 327 g/mol. The molecule has 0 atom stereocenters. The minimum atomic E-state index is -0.132. The number of benzene rings is 1. The van der Waals surface area contributed by atoms with Crippen LogP contribution in [-0.2, 0) is 6.54 Å². The van der Waals surface area contributed by atoms with E-state index in [9.17, 15) is 4.79 Å². The molecule has 2 N–H and O–H groups in total. The molecule has 6 nitrogen and oxygen atoms in total. The summed E-state index contributed by atoms with van der Waals surface area (Å²) in [6.45, 7) is 0.483. The summed E-state index contributed by atoms with van der Waals surface area (Å²) in [4.78, 5) is 18.7. The number of rotatable bonds is 4. The third-order valence-electron chi connectivity index (χ3n) is 3.88. The second kappa shape index (κ2) is 6.28. The first-order chi connectivity index (χ1) is 12.2. The van der Waals surface area contributed by atoms with Crippen molar-refractivity contribution in [1.29, 1.82) is 0 Å². The smallest absolute Gasteiger partial charge is 0.248 e. The van der Waals surface area contributed by atoms with Crippen LogP contribution in [0.25, 0.3) is 16.9 Å². The molecule has 0 amide bonds. The fraction of sp³-hybridized carbons (Fsp3) is 0.0556. The van der Waals surface area contributed by atoms with E-state index in [0.717, 1.165) is 22.6 Å². The molecule has 0 saturated carbocycles. The second-order valence-corrected chi connectivity index (χ2v) is 5.64. The van der Waals surface area contributed by atoms with Crippen LogP contribution in [0, 0.1) is 0 Å².